The Morgan fingerprint density at radius 2 is 2.17 bits per heavy atom. The van der Waals surface area contributed by atoms with Gasteiger partial charge in [0.2, 0.25) is 10.0 Å². The van der Waals surface area contributed by atoms with Gasteiger partial charge in [-0.3, -0.25) is 0 Å². The molecule has 2 amide bonds. The van der Waals surface area contributed by atoms with Crippen LogP contribution in [0.25, 0.3) is 0 Å². The lowest BCUT2D eigenvalue weighted by Gasteiger charge is -2.39. The highest BCUT2D eigenvalue weighted by atomic mass is 32.2. The number of fused-ring (bicyclic) bond motifs is 1. The van der Waals surface area contributed by atoms with Crippen molar-refractivity contribution in [3.05, 3.63) is 0 Å². The summed E-state index contributed by atoms with van der Waals surface area (Å²) < 4.78 is 31.6. The summed E-state index contributed by atoms with van der Waals surface area (Å²) >= 11 is 0. The molecule has 0 unspecified atom stereocenters. The molecule has 3 rings (SSSR count). The van der Waals surface area contributed by atoms with Gasteiger partial charge in [0.25, 0.3) is 0 Å². The Bertz CT molecular complexity index is 493. The summed E-state index contributed by atoms with van der Waals surface area (Å²) in [5.74, 6) is 0. The number of rotatable bonds is 0. The second kappa shape index (κ2) is 3.58. The number of carbonyl (C=O) groups is 1. The Labute approximate surface area is 106 Å². The maximum Gasteiger partial charge on any atom is 0.317 e. The van der Waals surface area contributed by atoms with Crippen molar-refractivity contribution in [3.8, 4) is 0 Å². The van der Waals surface area contributed by atoms with E-state index in [0.29, 0.717) is 26.1 Å². The van der Waals surface area contributed by atoms with E-state index >= 15 is 0 Å². The van der Waals surface area contributed by atoms with Gasteiger partial charge >= 0.3 is 6.03 Å². The molecule has 0 radical (unpaired) electrons. The number of likely N-dealkylation sites (tertiary alicyclic amines) is 1. The third-order valence-electron chi connectivity index (χ3n) is 4.13. The van der Waals surface area contributed by atoms with E-state index in [1.165, 1.54) is 4.31 Å². The molecule has 3 fully saturated rings. The molecule has 102 valence electrons. The zero-order chi connectivity index (χ0) is 13.1. The monoisotopic (exact) mass is 275 g/mol. The highest BCUT2D eigenvalue weighted by Crippen LogP contribution is 2.45. The predicted octanol–water partition coefficient (Wildman–Crippen LogP) is -1.19. The summed E-state index contributed by atoms with van der Waals surface area (Å²) in [5, 5.41) is 2.08. The molecule has 0 aromatic rings. The zero-order valence-electron chi connectivity index (χ0n) is 10.4. The van der Waals surface area contributed by atoms with Gasteiger partial charge in [0.05, 0.1) is 12.6 Å². The lowest BCUT2D eigenvalue weighted by molar-refractivity contribution is -0.0942. The van der Waals surface area contributed by atoms with Gasteiger partial charge in [0.15, 0.2) is 0 Å². The van der Waals surface area contributed by atoms with E-state index < -0.39 is 20.9 Å². The van der Waals surface area contributed by atoms with Gasteiger partial charge in [-0.1, -0.05) is 0 Å². The van der Waals surface area contributed by atoms with E-state index in [2.05, 4.69) is 5.32 Å². The van der Waals surface area contributed by atoms with Crippen LogP contribution in [0.5, 0.6) is 0 Å². The number of ether oxygens (including phenoxy) is 1. The third kappa shape index (κ3) is 1.42. The van der Waals surface area contributed by atoms with E-state index in [1.54, 1.807) is 19.0 Å². The standard InChI is InChI=1S/C10H17N3O4S/c1-11-9(14)13-4-7-3-8-10(6-13,17-7)5-12(2)18(8,15)16/h7-8H,3-6H2,1-2H3,(H,11,14)/t7-,8+,10-/m1/s1. The van der Waals surface area contributed by atoms with Crippen LogP contribution in [-0.4, -0.2) is 74.3 Å². The third-order valence-corrected chi connectivity index (χ3v) is 6.47. The van der Waals surface area contributed by atoms with Crippen molar-refractivity contribution in [1.82, 2.24) is 14.5 Å². The van der Waals surface area contributed by atoms with Crippen molar-refractivity contribution in [2.75, 3.05) is 33.7 Å². The minimum Gasteiger partial charge on any atom is -0.365 e. The molecule has 8 heteroatoms. The highest BCUT2D eigenvalue weighted by Gasteiger charge is 2.64. The molecular weight excluding hydrogens is 258 g/mol. The van der Waals surface area contributed by atoms with Crippen molar-refractivity contribution in [1.29, 1.82) is 0 Å². The fourth-order valence-electron chi connectivity index (χ4n) is 3.37. The van der Waals surface area contributed by atoms with Crippen LogP contribution in [0.3, 0.4) is 0 Å². The topological polar surface area (TPSA) is 79.0 Å². The number of urea groups is 1. The smallest absolute Gasteiger partial charge is 0.317 e. The first-order valence-corrected chi connectivity index (χ1v) is 7.49. The molecular formula is C10H17N3O4S. The van der Waals surface area contributed by atoms with Gasteiger partial charge in [-0.2, -0.15) is 0 Å². The number of amides is 2. The van der Waals surface area contributed by atoms with Crippen LogP contribution in [-0.2, 0) is 14.8 Å². The van der Waals surface area contributed by atoms with E-state index in [1.807, 2.05) is 0 Å². The Morgan fingerprint density at radius 1 is 1.44 bits per heavy atom. The number of morpholine rings is 1. The van der Waals surface area contributed by atoms with Crippen molar-refractivity contribution in [2.24, 2.45) is 0 Å². The van der Waals surface area contributed by atoms with Crippen LogP contribution in [0.2, 0.25) is 0 Å². The Morgan fingerprint density at radius 3 is 2.83 bits per heavy atom. The minimum absolute atomic E-state index is 0.162. The summed E-state index contributed by atoms with van der Waals surface area (Å²) in [7, 11) is -0.127. The summed E-state index contributed by atoms with van der Waals surface area (Å²) in [6.07, 6.45) is 0.324. The second-order valence-electron chi connectivity index (χ2n) is 5.27. The number of hydrogen-bond donors (Lipinski definition) is 1. The molecule has 1 spiro atoms. The molecule has 0 aromatic carbocycles. The molecule has 18 heavy (non-hydrogen) atoms. The fourth-order valence-corrected chi connectivity index (χ4v) is 5.41. The van der Waals surface area contributed by atoms with Crippen LogP contribution in [0, 0.1) is 0 Å². The summed E-state index contributed by atoms with van der Waals surface area (Å²) in [6, 6.07) is -0.171. The number of nitrogens with zero attached hydrogens (tertiary/aromatic N) is 2. The number of likely N-dealkylation sites (N-methyl/N-ethyl adjacent to an activating group) is 1. The number of hydrogen-bond acceptors (Lipinski definition) is 4. The zero-order valence-corrected chi connectivity index (χ0v) is 11.2. The van der Waals surface area contributed by atoms with Gasteiger partial charge in [-0.05, 0) is 6.42 Å². The fraction of sp³-hybridized carbons (Fsp3) is 0.900. The van der Waals surface area contributed by atoms with Crippen molar-refractivity contribution in [3.63, 3.8) is 0 Å². The minimum atomic E-state index is -3.27. The van der Waals surface area contributed by atoms with E-state index in [9.17, 15) is 13.2 Å². The van der Waals surface area contributed by atoms with E-state index in [4.69, 9.17) is 4.74 Å². The van der Waals surface area contributed by atoms with Crippen LogP contribution in [0.4, 0.5) is 4.79 Å². The van der Waals surface area contributed by atoms with Crippen molar-refractivity contribution >= 4 is 16.1 Å². The molecule has 3 aliphatic rings. The van der Waals surface area contributed by atoms with E-state index in [0.717, 1.165) is 0 Å². The lowest BCUT2D eigenvalue weighted by Crippen LogP contribution is -2.57. The van der Waals surface area contributed by atoms with Gasteiger partial charge in [-0.15, -0.1) is 0 Å². The summed E-state index contributed by atoms with van der Waals surface area (Å²) in [5.41, 5.74) is -0.733. The first-order chi connectivity index (χ1) is 8.39. The lowest BCUT2D eigenvalue weighted by atomic mass is 10.00. The van der Waals surface area contributed by atoms with Crippen molar-refractivity contribution < 1.29 is 17.9 Å². The summed E-state index contributed by atoms with van der Waals surface area (Å²) in [4.78, 5) is 13.4. The predicted molar refractivity (Wildman–Crippen MR) is 63.6 cm³/mol. The number of nitrogens with one attached hydrogen (secondary N) is 1. The van der Waals surface area contributed by atoms with Crippen LogP contribution in [0.1, 0.15) is 6.42 Å². The molecule has 3 atom stereocenters. The molecule has 2 bridgehead atoms. The van der Waals surface area contributed by atoms with Gasteiger partial charge < -0.3 is 15.0 Å². The maximum atomic E-state index is 12.2. The SMILES string of the molecule is CNC(=O)N1C[C@H]2C[C@H]3[C@](C1)(CN(C)S3(=O)=O)O2. The molecule has 0 aliphatic carbocycles. The molecule has 3 aliphatic heterocycles. The van der Waals surface area contributed by atoms with Crippen LogP contribution >= 0.6 is 0 Å². The van der Waals surface area contributed by atoms with Crippen molar-refractivity contribution in [2.45, 2.75) is 23.4 Å². The highest BCUT2D eigenvalue weighted by molar-refractivity contribution is 7.90. The normalized spacial score (nSPS) is 41.8. The average molecular weight is 275 g/mol. The molecule has 0 saturated carbocycles. The first-order valence-electron chi connectivity index (χ1n) is 5.99. The number of carbonyl (C=O) groups excluding carboxylic acids is 1. The van der Waals surface area contributed by atoms with Crippen LogP contribution in [0.15, 0.2) is 0 Å². The maximum absolute atomic E-state index is 12.2. The quantitative estimate of drug-likeness (QED) is 0.603. The molecule has 3 saturated heterocycles. The van der Waals surface area contributed by atoms with Gasteiger partial charge in [-0.25, -0.2) is 17.5 Å². The van der Waals surface area contributed by atoms with Crippen LogP contribution < -0.4 is 5.32 Å². The molecule has 3 heterocycles. The Hall–Kier alpha value is -0.860. The Kier molecular flexibility index (Phi) is 2.43. The Balaban J connectivity index is 1.94. The van der Waals surface area contributed by atoms with Gasteiger partial charge in [0.1, 0.15) is 10.9 Å². The molecule has 0 aromatic heterocycles. The van der Waals surface area contributed by atoms with E-state index in [-0.39, 0.29) is 12.1 Å². The molecule has 1 N–H and O–H groups in total. The second-order valence-corrected chi connectivity index (χ2v) is 7.49. The number of sulfonamides is 1. The largest absolute Gasteiger partial charge is 0.365 e. The summed E-state index contributed by atoms with van der Waals surface area (Å²) in [6.45, 7) is 1.15. The van der Waals surface area contributed by atoms with Gasteiger partial charge in [0, 0.05) is 27.2 Å². The average Bonchev–Trinajstić information content (AvgIpc) is 2.67. The molecule has 7 nitrogen and oxygen atoms in total. The first kappa shape index (κ1) is 12.2.